The summed E-state index contributed by atoms with van der Waals surface area (Å²) < 4.78 is 35.0. The SMILES string of the molecule is O=C(N[C@H](COS)C(=O)c1ccc2c(c1F)OCCO2)OCc1ccccc1. The minimum absolute atomic E-state index is 0.0215. The molecule has 0 aliphatic carbocycles. The predicted molar refractivity (Wildman–Crippen MR) is 100 cm³/mol. The van der Waals surface area contributed by atoms with Crippen LogP contribution in [-0.4, -0.2) is 37.7 Å². The monoisotopic (exact) mass is 407 g/mol. The minimum Gasteiger partial charge on any atom is -0.486 e. The number of rotatable bonds is 7. The van der Waals surface area contributed by atoms with Gasteiger partial charge in [0.15, 0.2) is 23.1 Å². The van der Waals surface area contributed by atoms with E-state index in [1.165, 1.54) is 12.1 Å². The fraction of sp³-hybridized carbons (Fsp3) is 0.263. The van der Waals surface area contributed by atoms with Crippen molar-refractivity contribution in [2.45, 2.75) is 12.6 Å². The molecule has 7 nitrogen and oxygen atoms in total. The highest BCUT2D eigenvalue weighted by Crippen LogP contribution is 2.35. The van der Waals surface area contributed by atoms with Crippen molar-refractivity contribution >= 4 is 24.8 Å². The molecule has 2 aromatic rings. The first kappa shape index (κ1) is 20.0. The number of hydrogen-bond acceptors (Lipinski definition) is 7. The lowest BCUT2D eigenvalue weighted by atomic mass is 10.0. The molecule has 1 aliphatic rings. The maximum Gasteiger partial charge on any atom is 0.408 e. The van der Waals surface area contributed by atoms with Gasteiger partial charge in [-0.05, 0) is 30.6 Å². The van der Waals surface area contributed by atoms with Crippen LogP contribution in [0.4, 0.5) is 9.18 Å². The van der Waals surface area contributed by atoms with Crippen molar-refractivity contribution in [3.63, 3.8) is 0 Å². The van der Waals surface area contributed by atoms with Crippen LogP contribution in [0.25, 0.3) is 0 Å². The van der Waals surface area contributed by atoms with E-state index < -0.39 is 23.7 Å². The Morgan fingerprint density at radius 1 is 1.14 bits per heavy atom. The number of Topliss-reactive ketones (excluding diaryl/α,β-unsaturated/α-hetero) is 1. The molecular weight excluding hydrogens is 389 g/mol. The third kappa shape index (κ3) is 4.73. The Balaban J connectivity index is 1.69. The first-order valence-electron chi connectivity index (χ1n) is 8.46. The molecule has 0 fully saturated rings. The van der Waals surface area contributed by atoms with Crippen molar-refractivity contribution in [3.8, 4) is 11.5 Å². The van der Waals surface area contributed by atoms with Gasteiger partial charge in [-0.25, -0.2) is 9.18 Å². The average molecular weight is 407 g/mol. The minimum atomic E-state index is -1.20. The van der Waals surface area contributed by atoms with Crippen LogP contribution in [0, 0.1) is 5.82 Å². The van der Waals surface area contributed by atoms with Crippen molar-refractivity contribution in [3.05, 3.63) is 59.4 Å². The number of carbonyl (C=O) groups is 2. The van der Waals surface area contributed by atoms with Gasteiger partial charge < -0.3 is 23.7 Å². The van der Waals surface area contributed by atoms with Crippen LogP contribution < -0.4 is 14.8 Å². The van der Waals surface area contributed by atoms with Gasteiger partial charge in [0.1, 0.15) is 25.9 Å². The number of alkyl carbamates (subject to hydrolysis) is 1. The van der Waals surface area contributed by atoms with E-state index in [9.17, 15) is 14.0 Å². The second-order valence-corrected chi connectivity index (χ2v) is 6.13. The molecule has 1 heterocycles. The van der Waals surface area contributed by atoms with E-state index in [4.69, 9.17) is 14.2 Å². The van der Waals surface area contributed by atoms with Crippen LogP contribution in [-0.2, 0) is 15.5 Å². The van der Waals surface area contributed by atoms with Crippen molar-refractivity contribution in [2.75, 3.05) is 19.8 Å². The molecule has 2 aromatic carbocycles. The van der Waals surface area contributed by atoms with Crippen LogP contribution in [0.15, 0.2) is 42.5 Å². The number of nitrogens with one attached hydrogen (secondary N) is 1. The summed E-state index contributed by atoms with van der Waals surface area (Å²) in [6.07, 6.45) is -0.842. The number of halogens is 1. The molecule has 0 bridgehead atoms. The summed E-state index contributed by atoms with van der Waals surface area (Å²) in [4.78, 5) is 24.8. The molecule has 9 heteroatoms. The van der Waals surface area contributed by atoms with Crippen molar-refractivity contribution in [1.82, 2.24) is 5.32 Å². The summed E-state index contributed by atoms with van der Waals surface area (Å²) >= 11 is 3.62. The van der Waals surface area contributed by atoms with Crippen LogP contribution in [0.3, 0.4) is 0 Å². The lowest BCUT2D eigenvalue weighted by molar-refractivity contribution is 0.0879. The predicted octanol–water partition coefficient (Wildman–Crippen LogP) is 2.94. The van der Waals surface area contributed by atoms with Gasteiger partial charge in [0.05, 0.1) is 12.2 Å². The van der Waals surface area contributed by atoms with E-state index in [-0.39, 0.29) is 36.9 Å². The van der Waals surface area contributed by atoms with Crippen molar-refractivity contribution in [1.29, 1.82) is 0 Å². The Labute approximate surface area is 166 Å². The van der Waals surface area contributed by atoms with Gasteiger partial charge in [0.2, 0.25) is 0 Å². The molecule has 28 heavy (non-hydrogen) atoms. The van der Waals surface area contributed by atoms with E-state index in [1.807, 2.05) is 18.2 Å². The average Bonchev–Trinajstić information content (AvgIpc) is 2.73. The Hall–Kier alpha value is -2.78. The number of carbonyl (C=O) groups excluding carboxylic acids is 2. The van der Waals surface area contributed by atoms with Crippen LogP contribution in [0.2, 0.25) is 0 Å². The molecule has 3 rings (SSSR count). The smallest absolute Gasteiger partial charge is 0.408 e. The maximum absolute atomic E-state index is 14.7. The summed E-state index contributed by atoms with van der Waals surface area (Å²) in [5.74, 6) is -1.47. The number of thiol groups is 1. The molecule has 1 N–H and O–H groups in total. The standard InChI is InChI=1S/C19H18FNO6S/c20-16-13(6-7-15-18(16)25-9-8-24-15)17(22)14(11-27-28)21-19(23)26-10-12-4-2-1-3-5-12/h1-7,14,28H,8-11H2,(H,21,23)/t14-/m1/s1. The summed E-state index contributed by atoms with van der Waals surface area (Å²) in [5, 5.41) is 2.37. The topological polar surface area (TPSA) is 83.1 Å². The molecular formula is C19H18FNO6S. The number of fused-ring (bicyclic) bond motifs is 1. The van der Waals surface area contributed by atoms with Crippen molar-refractivity contribution < 1.29 is 32.4 Å². The lowest BCUT2D eigenvalue weighted by Gasteiger charge is -2.21. The Morgan fingerprint density at radius 3 is 2.64 bits per heavy atom. The maximum atomic E-state index is 14.7. The molecule has 1 amide bonds. The zero-order chi connectivity index (χ0) is 19.9. The second kappa shape index (κ2) is 9.43. The quantitative estimate of drug-likeness (QED) is 0.417. The van der Waals surface area contributed by atoms with E-state index in [0.717, 1.165) is 5.56 Å². The summed E-state index contributed by atoms with van der Waals surface area (Å²) in [5.41, 5.74) is 0.520. The number of hydrogen-bond donors (Lipinski definition) is 2. The third-order valence-corrected chi connectivity index (χ3v) is 4.13. The first-order chi connectivity index (χ1) is 13.6. The summed E-state index contributed by atoms with van der Waals surface area (Å²) in [6.45, 7) is 0.212. The lowest BCUT2D eigenvalue weighted by Crippen LogP contribution is -2.44. The summed E-state index contributed by atoms with van der Waals surface area (Å²) in [7, 11) is 0. The van der Waals surface area contributed by atoms with Crippen LogP contribution in [0.1, 0.15) is 15.9 Å². The third-order valence-electron chi connectivity index (χ3n) is 3.98. The van der Waals surface area contributed by atoms with E-state index >= 15 is 0 Å². The molecule has 0 spiro atoms. The number of ketones is 1. The van der Waals surface area contributed by atoms with E-state index in [1.54, 1.807) is 12.1 Å². The number of benzene rings is 2. The van der Waals surface area contributed by atoms with Gasteiger partial charge in [-0.15, -0.1) is 0 Å². The molecule has 0 aromatic heterocycles. The Morgan fingerprint density at radius 2 is 1.89 bits per heavy atom. The van der Waals surface area contributed by atoms with E-state index in [2.05, 4.69) is 22.4 Å². The summed E-state index contributed by atoms with van der Waals surface area (Å²) in [6, 6.07) is 10.5. The van der Waals surface area contributed by atoms with Gasteiger partial charge in [0, 0.05) is 0 Å². The fourth-order valence-corrected chi connectivity index (χ4v) is 2.77. The van der Waals surface area contributed by atoms with Crippen LogP contribution >= 0.6 is 12.9 Å². The zero-order valence-electron chi connectivity index (χ0n) is 14.7. The van der Waals surface area contributed by atoms with E-state index in [0.29, 0.717) is 6.61 Å². The van der Waals surface area contributed by atoms with Gasteiger partial charge in [-0.2, -0.15) is 0 Å². The zero-order valence-corrected chi connectivity index (χ0v) is 15.6. The molecule has 0 radical (unpaired) electrons. The first-order valence-corrected chi connectivity index (χ1v) is 8.82. The largest absolute Gasteiger partial charge is 0.486 e. The van der Waals surface area contributed by atoms with Crippen molar-refractivity contribution in [2.24, 2.45) is 0 Å². The Bertz CT molecular complexity index is 848. The second-order valence-electron chi connectivity index (χ2n) is 5.87. The molecule has 1 aliphatic heterocycles. The van der Waals surface area contributed by atoms with Gasteiger partial charge in [-0.3, -0.25) is 4.79 Å². The molecule has 0 unspecified atom stereocenters. The normalized spacial score (nSPS) is 13.5. The number of amides is 1. The fourth-order valence-electron chi connectivity index (χ4n) is 2.62. The van der Waals surface area contributed by atoms with Gasteiger partial charge >= 0.3 is 6.09 Å². The molecule has 0 saturated heterocycles. The van der Waals surface area contributed by atoms with Crippen LogP contribution in [0.5, 0.6) is 11.5 Å². The highest BCUT2D eigenvalue weighted by atomic mass is 32.1. The highest BCUT2D eigenvalue weighted by molar-refractivity contribution is 7.75. The molecule has 148 valence electrons. The molecule has 0 saturated carbocycles. The number of ether oxygens (including phenoxy) is 3. The Kier molecular flexibility index (Phi) is 6.72. The van der Waals surface area contributed by atoms with Gasteiger partial charge in [-0.1, -0.05) is 30.3 Å². The highest BCUT2D eigenvalue weighted by Gasteiger charge is 2.29. The molecule has 1 atom stereocenters. The van der Waals surface area contributed by atoms with Gasteiger partial charge in [0.25, 0.3) is 0 Å².